The molecule has 1 atom stereocenters. The molecule has 0 aliphatic carbocycles. The average Bonchev–Trinajstić information content (AvgIpc) is 2.30. The van der Waals surface area contributed by atoms with Crippen LogP contribution in [-0.2, 0) is 4.79 Å². The van der Waals surface area contributed by atoms with Crippen molar-refractivity contribution < 1.29 is 13.9 Å². The number of likely N-dealkylation sites (N-methyl/N-ethyl adjacent to an activating group) is 1. The summed E-state index contributed by atoms with van der Waals surface area (Å²) in [5.74, 6) is -0.534. The zero-order valence-corrected chi connectivity index (χ0v) is 9.50. The van der Waals surface area contributed by atoms with Gasteiger partial charge in [-0.1, -0.05) is 0 Å². The highest BCUT2D eigenvalue weighted by molar-refractivity contribution is 5.94. The molecule has 0 aromatic heterocycles. The normalized spacial score (nSPS) is 12.0. The fraction of sp³-hybridized carbons (Fsp3) is 0.364. The fourth-order valence-corrected chi connectivity index (χ4v) is 1.12. The monoisotopic (exact) mass is 226 g/mol. The average molecular weight is 226 g/mol. The predicted molar refractivity (Wildman–Crippen MR) is 60.1 cm³/mol. The second-order valence-electron chi connectivity index (χ2n) is 3.35. The van der Waals surface area contributed by atoms with Gasteiger partial charge in [0.05, 0.1) is 13.2 Å². The summed E-state index contributed by atoms with van der Waals surface area (Å²) >= 11 is 0. The van der Waals surface area contributed by atoms with E-state index in [1.165, 1.54) is 25.3 Å². The number of benzene rings is 1. The van der Waals surface area contributed by atoms with Crippen LogP contribution in [0.15, 0.2) is 18.2 Å². The molecule has 5 heteroatoms. The molecule has 16 heavy (non-hydrogen) atoms. The Morgan fingerprint density at radius 3 is 2.75 bits per heavy atom. The van der Waals surface area contributed by atoms with Crippen molar-refractivity contribution in [2.75, 3.05) is 19.5 Å². The lowest BCUT2D eigenvalue weighted by molar-refractivity contribution is -0.117. The van der Waals surface area contributed by atoms with Crippen LogP contribution in [0.1, 0.15) is 6.92 Å². The van der Waals surface area contributed by atoms with Crippen molar-refractivity contribution in [3.05, 3.63) is 24.0 Å². The van der Waals surface area contributed by atoms with Crippen LogP contribution >= 0.6 is 0 Å². The van der Waals surface area contributed by atoms with Crippen LogP contribution < -0.4 is 15.4 Å². The Hall–Kier alpha value is -1.62. The van der Waals surface area contributed by atoms with E-state index in [2.05, 4.69) is 10.6 Å². The van der Waals surface area contributed by atoms with Gasteiger partial charge in [0, 0.05) is 11.8 Å². The number of anilines is 1. The summed E-state index contributed by atoms with van der Waals surface area (Å²) in [6.07, 6.45) is 0. The molecule has 0 heterocycles. The largest absolute Gasteiger partial charge is 0.494 e. The van der Waals surface area contributed by atoms with E-state index in [9.17, 15) is 9.18 Å². The molecule has 1 unspecified atom stereocenters. The number of methoxy groups -OCH3 is 1. The van der Waals surface area contributed by atoms with E-state index in [0.29, 0.717) is 5.69 Å². The van der Waals surface area contributed by atoms with Crippen LogP contribution in [0.5, 0.6) is 5.75 Å². The van der Waals surface area contributed by atoms with Gasteiger partial charge in [0.1, 0.15) is 0 Å². The van der Waals surface area contributed by atoms with Gasteiger partial charge in [-0.15, -0.1) is 0 Å². The molecule has 0 spiro atoms. The summed E-state index contributed by atoms with van der Waals surface area (Å²) in [6.45, 7) is 1.73. The highest BCUT2D eigenvalue weighted by Gasteiger charge is 2.11. The topological polar surface area (TPSA) is 50.4 Å². The van der Waals surface area contributed by atoms with Crippen molar-refractivity contribution in [2.24, 2.45) is 0 Å². The lowest BCUT2D eigenvalue weighted by Gasteiger charge is -2.11. The maximum atomic E-state index is 13.1. The Morgan fingerprint density at radius 1 is 1.50 bits per heavy atom. The number of carbonyl (C=O) groups is 1. The van der Waals surface area contributed by atoms with Crippen LogP contribution in [0.3, 0.4) is 0 Å². The zero-order valence-electron chi connectivity index (χ0n) is 9.50. The summed E-state index contributed by atoms with van der Waals surface area (Å²) in [4.78, 5) is 11.5. The number of nitrogens with one attached hydrogen (secondary N) is 2. The number of rotatable bonds is 4. The molecule has 0 saturated heterocycles. The number of ether oxygens (including phenoxy) is 1. The van der Waals surface area contributed by atoms with Gasteiger partial charge < -0.3 is 15.4 Å². The maximum absolute atomic E-state index is 13.1. The first kappa shape index (κ1) is 12.4. The van der Waals surface area contributed by atoms with Gasteiger partial charge in [-0.3, -0.25) is 4.79 Å². The van der Waals surface area contributed by atoms with Crippen LogP contribution in [0, 0.1) is 5.82 Å². The second-order valence-corrected chi connectivity index (χ2v) is 3.35. The highest BCUT2D eigenvalue weighted by atomic mass is 19.1. The molecule has 0 fully saturated rings. The molecule has 0 saturated carbocycles. The zero-order chi connectivity index (χ0) is 12.1. The first-order chi connectivity index (χ1) is 7.58. The summed E-state index contributed by atoms with van der Waals surface area (Å²) in [6, 6.07) is 3.86. The molecule has 1 amide bonds. The molecule has 2 N–H and O–H groups in total. The van der Waals surface area contributed by atoms with Crippen molar-refractivity contribution in [1.29, 1.82) is 0 Å². The Morgan fingerprint density at radius 2 is 2.19 bits per heavy atom. The van der Waals surface area contributed by atoms with E-state index >= 15 is 0 Å². The summed E-state index contributed by atoms with van der Waals surface area (Å²) in [5.41, 5.74) is 0.505. The molecule has 88 valence electrons. The smallest absolute Gasteiger partial charge is 0.241 e. The molecular formula is C11H15FN2O2. The van der Waals surface area contributed by atoms with E-state index in [-0.39, 0.29) is 17.7 Å². The van der Waals surface area contributed by atoms with Crippen LogP contribution in [0.2, 0.25) is 0 Å². The molecule has 0 bridgehead atoms. The summed E-state index contributed by atoms with van der Waals surface area (Å²) in [5, 5.41) is 5.45. The summed E-state index contributed by atoms with van der Waals surface area (Å²) in [7, 11) is 3.07. The minimum absolute atomic E-state index is 0.106. The maximum Gasteiger partial charge on any atom is 0.241 e. The predicted octanol–water partition coefficient (Wildman–Crippen LogP) is 1.38. The van der Waals surface area contributed by atoms with Gasteiger partial charge in [0.2, 0.25) is 5.91 Å². The first-order valence-electron chi connectivity index (χ1n) is 4.90. The number of halogens is 1. The van der Waals surface area contributed by atoms with E-state index in [1.54, 1.807) is 14.0 Å². The highest BCUT2D eigenvalue weighted by Crippen LogP contribution is 2.21. The molecule has 0 radical (unpaired) electrons. The molecule has 4 nitrogen and oxygen atoms in total. The number of hydrogen-bond acceptors (Lipinski definition) is 3. The van der Waals surface area contributed by atoms with E-state index in [0.717, 1.165) is 0 Å². The van der Waals surface area contributed by atoms with Crippen molar-refractivity contribution in [2.45, 2.75) is 13.0 Å². The van der Waals surface area contributed by atoms with Crippen molar-refractivity contribution in [1.82, 2.24) is 5.32 Å². The van der Waals surface area contributed by atoms with Crippen LogP contribution in [-0.4, -0.2) is 26.1 Å². The Labute approximate surface area is 93.8 Å². The van der Waals surface area contributed by atoms with Gasteiger partial charge in [-0.2, -0.15) is 0 Å². The van der Waals surface area contributed by atoms with Crippen molar-refractivity contribution in [3.8, 4) is 5.75 Å². The lowest BCUT2D eigenvalue weighted by Crippen LogP contribution is -2.35. The Bertz CT molecular complexity index is 382. The molecule has 1 aromatic rings. The van der Waals surface area contributed by atoms with Gasteiger partial charge in [0.25, 0.3) is 0 Å². The molecular weight excluding hydrogens is 211 g/mol. The third-order valence-electron chi connectivity index (χ3n) is 2.24. The standard InChI is InChI=1S/C11H15FN2O2/c1-7(13-2)11(15)14-8-4-5-9(12)10(6-8)16-3/h4-7,13H,1-3H3,(H,14,15). The first-order valence-corrected chi connectivity index (χ1v) is 4.90. The van der Waals surface area contributed by atoms with Gasteiger partial charge in [-0.25, -0.2) is 4.39 Å². The minimum Gasteiger partial charge on any atom is -0.494 e. The SMILES string of the molecule is CNC(C)C(=O)Nc1ccc(F)c(OC)c1. The third-order valence-corrected chi connectivity index (χ3v) is 2.24. The van der Waals surface area contributed by atoms with E-state index < -0.39 is 5.82 Å². The minimum atomic E-state index is -0.456. The number of amides is 1. The fourth-order valence-electron chi connectivity index (χ4n) is 1.12. The van der Waals surface area contributed by atoms with Gasteiger partial charge >= 0.3 is 0 Å². The Balaban J connectivity index is 2.78. The number of hydrogen-bond donors (Lipinski definition) is 2. The van der Waals surface area contributed by atoms with Gasteiger partial charge in [-0.05, 0) is 26.1 Å². The third kappa shape index (κ3) is 2.93. The van der Waals surface area contributed by atoms with Crippen LogP contribution in [0.4, 0.5) is 10.1 Å². The molecule has 0 aliphatic rings. The molecule has 1 rings (SSSR count). The Kier molecular flexibility index (Phi) is 4.25. The van der Waals surface area contributed by atoms with Crippen molar-refractivity contribution >= 4 is 11.6 Å². The van der Waals surface area contributed by atoms with Crippen LogP contribution in [0.25, 0.3) is 0 Å². The molecule has 0 aliphatic heterocycles. The number of carbonyl (C=O) groups excluding carboxylic acids is 1. The van der Waals surface area contributed by atoms with Crippen molar-refractivity contribution in [3.63, 3.8) is 0 Å². The van der Waals surface area contributed by atoms with E-state index in [4.69, 9.17) is 4.74 Å². The quantitative estimate of drug-likeness (QED) is 0.815. The summed E-state index contributed by atoms with van der Waals surface area (Å²) < 4.78 is 17.9. The lowest BCUT2D eigenvalue weighted by atomic mass is 10.2. The van der Waals surface area contributed by atoms with E-state index in [1.807, 2.05) is 0 Å². The molecule has 1 aromatic carbocycles. The van der Waals surface area contributed by atoms with Gasteiger partial charge in [0.15, 0.2) is 11.6 Å². The second kappa shape index (κ2) is 5.46.